The van der Waals surface area contributed by atoms with E-state index in [1.807, 2.05) is 43.3 Å². The van der Waals surface area contributed by atoms with E-state index in [1.54, 1.807) is 4.57 Å². The lowest BCUT2D eigenvalue weighted by Gasteiger charge is -2.13. The van der Waals surface area contributed by atoms with E-state index < -0.39 is 0 Å². The molecule has 0 saturated carbocycles. The molecule has 5 nitrogen and oxygen atoms in total. The van der Waals surface area contributed by atoms with Crippen LogP contribution in [0.5, 0.6) is 0 Å². The second-order valence-corrected chi connectivity index (χ2v) is 4.24. The Morgan fingerprint density at radius 2 is 2.00 bits per heavy atom. The molecule has 0 unspecified atom stereocenters. The van der Waals surface area contributed by atoms with Crippen LogP contribution in [0, 0.1) is 4.77 Å². The highest BCUT2D eigenvalue weighted by molar-refractivity contribution is 7.71. The highest BCUT2D eigenvalue weighted by atomic mass is 32.1. The summed E-state index contributed by atoms with van der Waals surface area (Å²) in [4.78, 5) is 2.02. The number of rotatable bonds is 3. The normalized spacial score (nSPS) is 10.5. The van der Waals surface area contributed by atoms with Crippen molar-refractivity contribution in [3.63, 3.8) is 0 Å². The summed E-state index contributed by atoms with van der Waals surface area (Å²) in [6.45, 7) is -0.150. The van der Waals surface area contributed by atoms with Crippen molar-refractivity contribution in [2.45, 2.75) is 6.61 Å². The third-order valence-electron chi connectivity index (χ3n) is 2.51. The van der Waals surface area contributed by atoms with Crippen LogP contribution in [0.15, 0.2) is 24.3 Å². The van der Waals surface area contributed by atoms with Gasteiger partial charge in [-0.05, 0) is 36.5 Å². The number of aliphatic hydroxyl groups excluding tert-OH is 1. The zero-order valence-corrected chi connectivity index (χ0v) is 10.5. The summed E-state index contributed by atoms with van der Waals surface area (Å²) in [5.41, 5.74) is 1.99. The number of aromatic nitrogens is 3. The predicted molar refractivity (Wildman–Crippen MR) is 69.0 cm³/mol. The van der Waals surface area contributed by atoms with Gasteiger partial charge in [-0.25, -0.2) is 0 Å². The Labute approximate surface area is 104 Å². The van der Waals surface area contributed by atoms with Gasteiger partial charge in [0.05, 0.1) is 0 Å². The van der Waals surface area contributed by atoms with Crippen LogP contribution >= 0.6 is 12.2 Å². The second-order valence-electron chi connectivity index (χ2n) is 3.85. The van der Waals surface area contributed by atoms with Gasteiger partial charge in [-0.2, -0.15) is 5.10 Å². The van der Waals surface area contributed by atoms with Crippen molar-refractivity contribution >= 4 is 17.9 Å². The lowest BCUT2D eigenvalue weighted by molar-refractivity contribution is 0.269. The van der Waals surface area contributed by atoms with Crippen LogP contribution in [-0.4, -0.2) is 34.0 Å². The molecule has 0 atom stereocenters. The van der Waals surface area contributed by atoms with Gasteiger partial charge in [0.2, 0.25) is 0 Å². The number of hydrogen-bond donors (Lipinski definition) is 2. The Bertz CT molecular complexity index is 556. The van der Waals surface area contributed by atoms with E-state index in [4.69, 9.17) is 12.2 Å². The summed E-state index contributed by atoms with van der Waals surface area (Å²) in [5, 5.41) is 15.8. The molecule has 17 heavy (non-hydrogen) atoms. The van der Waals surface area contributed by atoms with E-state index in [1.165, 1.54) is 0 Å². The maximum atomic E-state index is 9.18. The highest BCUT2D eigenvalue weighted by Gasteiger charge is 2.07. The van der Waals surface area contributed by atoms with Gasteiger partial charge in [-0.1, -0.05) is 0 Å². The maximum absolute atomic E-state index is 9.18. The monoisotopic (exact) mass is 250 g/mol. The van der Waals surface area contributed by atoms with Gasteiger partial charge in [0.15, 0.2) is 10.6 Å². The molecule has 2 rings (SSSR count). The van der Waals surface area contributed by atoms with Gasteiger partial charge >= 0.3 is 0 Å². The lowest BCUT2D eigenvalue weighted by Crippen LogP contribution is -2.08. The number of H-pyrrole nitrogens is 1. The Morgan fingerprint density at radius 3 is 2.53 bits per heavy atom. The van der Waals surface area contributed by atoms with Crippen LogP contribution in [-0.2, 0) is 6.61 Å². The molecule has 0 aliphatic heterocycles. The van der Waals surface area contributed by atoms with Crippen molar-refractivity contribution in [2.24, 2.45) is 0 Å². The molecule has 0 amide bonds. The SMILES string of the molecule is CN(C)c1ccc(-n2c(CO)n[nH]c2=S)cc1. The summed E-state index contributed by atoms with van der Waals surface area (Å²) in [7, 11) is 3.97. The summed E-state index contributed by atoms with van der Waals surface area (Å²) in [5.74, 6) is 0.507. The molecule has 90 valence electrons. The number of benzene rings is 1. The molecule has 0 radical (unpaired) electrons. The number of anilines is 1. The van der Waals surface area contributed by atoms with Gasteiger partial charge in [0, 0.05) is 25.5 Å². The predicted octanol–water partition coefficient (Wildman–Crippen LogP) is 1.49. The topological polar surface area (TPSA) is 57.1 Å². The summed E-state index contributed by atoms with van der Waals surface area (Å²) >= 11 is 5.13. The molecule has 0 bridgehead atoms. The molecular weight excluding hydrogens is 236 g/mol. The largest absolute Gasteiger partial charge is 0.388 e. The standard InChI is InChI=1S/C11H14N4OS/c1-14(2)8-3-5-9(6-4-8)15-10(7-16)12-13-11(15)17/h3-6,16H,7H2,1-2H3,(H,13,17). The minimum atomic E-state index is -0.150. The average molecular weight is 250 g/mol. The molecule has 0 saturated heterocycles. The molecule has 1 aromatic heterocycles. The molecule has 0 aliphatic rings. The highest BCUT2D eigenvalue weighted by Crippen LogP contribution is 2.16. The maximum Gasteiger partial charge on any atom is 0.199 e. The molecular formula is C11H14N4OS. The molecule has 1 aromatic carbocycles. The van der Waals surface area contributed by atoms with E-state index in [0.29, 0.717) is 10.6 Å². The third kappa shape index (κ3) is 2.22. The number of aromatic amines is 1. The smallest absolute Gasteiger partial charge is 0.199 e. The van der Waals surface area contributed by atoms with Crippen molar-refractivity contribution in [3.05, 3.63) is 34.9 Å². The number of hydrogen-bond acceptors (Lipinski definition) is 4. The van der Waals surface area contributed by atoms with Crippen LogP contribution in [0.2, 0.25) is 0 Å². The molecule has 2 N–H and O–H groups in total. The lowest BCUT2D eigenvalue weighted by atomic mass is 10.2. The van der Waals surface area contributed by atoms with Crippen molar-refractivity contribution in [3.8, 4) is 5.69 Å². The van der Waals surface area contributed by atoms with Crippen molar-refractivity contribution in [1.82, 2.24) is 14.8 Å². The summed E-state index contributed by atoms with van der Waals surface area (Å²) in [6, 6.07) is 7.87. The molecule has 2 aromatic rings. The zero-order valence-electron chi connectivity index (χ0n) is 9.71. The second kappa shape index (κ2) is 4.68. The van der Waals surface area contributed by atoms with Gasteiger partial charge in [0.25, 0.3) is 0 Å². The van der Waals surface area contributed by atoms with Gasteiger partial charge < -0.3 is 10.0 Å². The average Bonchev–Trinajstić information content (AvgIpc) is 2.70. The van der Waals surface area contributed by atoms with Crippen LogP contribution in [0.3, 0.4) is 0 Å². The number of nitrogens with one attached hydrogen (secondary N) is 1. The number of aliphatic hydroxyl groups is 1. The Kier molecular flexibility index (Phi) is 3.26. The first kappa shape index (κ1) is 11.8. The van der Waals surface area contributed by atoms with Crippen molar-refractivity contribution in [1.29, 1.82) is 0 Å². The zero-order chi connectivity index (χ0) is 12.4. The Balaban J connectivity index is 2.46. The van der Waals surface area contributed by atoms with E-state index >= 15 is 0 Å². The van der Waals surface area contributed by atoms with E-state index in [2.05, 4.69) is 10.2 Å². The van der Waals surface area contributed by atoms with Gasteiger partial charge in [-0.15, -0.1) is 0 Å². The Hall–Kier alpha value is -1.66. The minimum absolute atomic E-state index is 0.150. The van der Waals surface area contributed by atoms with Gasteiger partial charge in [-0.3, -0.25) is 9.67 Å². The fraction of sp³-hybridized carbons (Fsp3) is 0.273. The van der Waals surface area contributed by atoms with E-state index in [-0.39, 0.29) is 6.61 Å². The van der Waals surface area contributed by atoms with Crippen LogP contribution in [0.1, 0.15) is 5.82 Å². The van der Waals surface area contributed by atoms with Crippen LogP contribution in [0.25, 0.3) is 5.69 Å². The molecule has 0 spiro atoms. The fourth-order valence-corrected chi connectivity index (χ4v) is 1.86. The summed E-state index contributed by atoms with van der Waals surface area (Å²) < 4.78 is 2.20. The Morgan fingerprint density at radius 1 is 1.35 bits per heavy atom. The first-order valence-electron chi connectivity index (χ1n) is 5.18. The quantitative estimate of drug-likeness (QED) is 0.810. The fourth-order valence-electron chi connectivity index (χ4n) is 1.60. The third-order valence-corrected chi connectivity index (χ3v) is 2.78. The van der Waals surface area contributed by atoms with Crippen LogP contribution < -0.4 is 4.90 Å². The van der Waals surface area contributed by atoms with Crippen molar-refractivity contribution < 1.29 is 5.11 Å². The van der Waals surface area contributed by atoms with E-state index in [9.17, 15) is 5.11 Å². The molecule has 0 fully saturated rings. The van der Waals surface area contributed by atoms with Gasteiger partial charge in [0.1, 0.15) is 6.61 Å². The number of nitrogens with zero attached hydrogens (tertiary/aromatic N) is 3. The molecule has 0 aliphatic carbocycles. The first-order chi connectivity index (χ1) is 8.13. The van der Waals surface area contributed by atoms with E-state index in [0.717, 1.165) is 11.4 Å². The van der Waals surface area contributed by atoms with Crippen molar-refractivity contribution in [2.75, 3.05) is 19.0 Å². The summed E-state index contributed by atoms with van der Waals surface area (Å²) in [6.07, 6.45) is 0. The first-order valence-corrected chi connectivity index (χ1v) is 5.59. The minimum Gasteiger partial charge on any atom is -0.388 e. The molecule has 1 heterocycles. The van der Waals surface area contributed by atoms with Crippen LogP contribution in [0.4, 0.5) is 5.69 Å². The molecule has 6 heteroatoms.